The van der Waals surface area contributed by atoms with E-state index in [0.717, 1.165) is 25.7 Å². The summed E-state index contributed by atoms with van der Waals surface area (Å²) in [5.41, 5.74) is 7.22. The van der Waals surface area contributed by atoms with Gasteiger partial charge in [0.1, 0.15) is 0 Å². The number of benzene rings is 2. The van der Waals surface area contributed by atoms with Crippen LogP contribution in [0.1, 0.15) is 37.1 Å². The molecule has 3 aromatic rings. The molecule has 0 unspecified atom stereocenters. The molecule has 28 heavy (non-hydrogen) atoms. The molecule has 0 amide bonds. The van der Waals surface area contributed by atoms with Gasteiger partial charge in [-0.05, 0) is 42.7 Å². The van der Waals surface area contributed by atoms with Crippen LogP contribution in [-0.4, -0.2) is 18.6 Å². The van der Waals surface area contributed by atoms with Crippen molar-refractivity contribution in [2.45, 2.75) is 41.9 Å². The Labute approximate surface area is 170 Å². The third-order valence-corrected chi connectivity index (χ3v) is 6.70. The number of rotatable bonds is 5. The van der Waals surface area contributed by atoms with Crippen LogP contribution in [0.5, 0.6) is 0 Å². The largest absolute Gasteiger partial charge is 0.334 e. The molecule has 4 rings (SSSR count). The summed E-state index contributed by atoms with van der Waals surface area (Å²) in [5, 5.41) is 4.07. The Balaban J connectivity index is 0.00000225. The first-order valence-electron chi connectivity index (χ1n) is 8.97. The molecule has 0 atom stereocenters. The predicted octanol–water partition coefficient (Wildman–Crippen LogP) is 3.86. The number of nitrogens with two attached hydrogens (primary N) is 1. The minimum absolute atomic E-state index is 0. The molecular weight excluding hydrogens is 398 g/mol. The molecule has 1 aliphatic rings. The number of sulfone groups is 1. The van der Waals surface area contributed by atoms with Gasteiger partial charge in [0.2, 0.25) is 0 Å². The lowest BCUT2D eigenvalue weighted by atomic mass is 9.98. The summed E-state index contributed by atoms with van der Waals surface area (Å²) in [6.07, 6.45) is 3.82. The quantitative estimate of drug-likeness (QED) is 0.674. The Morgan fingerprint density at radius 2 is 1.75 bits per heavy atom. The van der Waals surface area contributed by atoms with Crippen LogP contribution in [0.2, 0.25) is 0 Å². The highest BCUT2D eigenvalue weighted by molar-refractivity contribution is 7.90. The molecule has 0 saturated heterocycles. The average Bonchev–Trinajstić information content (AvgIpc) is 3.33. The average molecular weight is 420 g/mol. The molecule has 1 saturated carbocycles. The molecule has 0 radical (unpaired) electrons. The number of nitrogens with zero attached hydrogens (tertiary/aromatic N) is 2. The molecule has 6 nitrogen and oxygen atoms in total. The Morgan fingerprint density at radius 1 is 1.04 bits per heavy atom. The summed E-state index contributed by atoms with van der Waals surface area (Å²) in [4.78, 5) is 4.78. The highest BCUT2D eigenvalue weighted by atomic mass is 35.5. The molecule has 8 heteroatoms. The molecule has 2 aromatic carbocycles. The normalized spacial score (nSPS) is 15.9. The van der Waals surface area contributed by atoms with Crippen LogP contribution in [0.25, 0.3) is 11.5 Å². The van der Waals surface area contributed by atoms with E-state index in [2.05, 4.69) is 10.1 Å². The fraction of sp³-hybridized carbons (Fsp3) is 0.300. The van der Waals surface area contributed by atoms with Crippen LogP contribution in [0.15, 0.2) is 64.0 Å². The van der Waals surface area contributed by atoms with Gasteiger partial charge in [-0.1, -0.05) is 48.3 Å². The van der Waals surface area contributed by atoms with Crippen LogP contribution in [0.3, 0.4) is 0 Å². The maximum absolute atomic E-state index is 12.6. The Hall–Kier alpha value is -2.22. The van der Waals surface area contributed by atoms with Crippen molar-refractivity contribution in [3.8, 4) is 11.5 Å². The third kappa shape index (κ3) is 4.11. The maximum atomic E-state index is 12.6. The van der Waals surface area contributed by atoms with E-state index >= 15 is 0 Å². The summed E-state index contributed by atoms with van der Waals surface area (Å²) >= 11 is 0. The van der Waals surface area contributed by atoms with Crippen molar-refractivity contribution in [2.75, 3.05) is 0 Å². The Bertz CT molecular complexity index is 1050. The van der Waals surface area contributed by atoms with Gasteiger partial charge >= 0.3 is 0 Å². The minimum Gasteiger partial charge on any atom is -0.334 e. The van der Waals surface area contributed by atoms with Gasteiger partial charge in [-0.15, -0.1) is 12.4 Å². The second kappa shape index (κ2) is 8.03. The zero-order chi connectivity index (χ0) is 18.9. The van der Waals surface area contributed by atoms with Gasteiger partial charge in [-0.3, -0.25) is 0 Å². The van der Waals surface area contributed by atoms with Gasteiger partial charge in [0, 0.05) is 5.56 Å². The van der Waals surface area contributed by atoms with Crippen LogP contribution in [-0.2, 0) is 21.1 Å². The number of aromatic nitrogens is 2. The minimum atomic E-state index is -3.42. The van der Waals surface area contributed by atoms with Crippen molar-refractivity contribution in [3.63, 3.8) is 0 Å². The number of hydrogen-bond donors (Lipinski definition) is 1. The van der Waals surface area contributed by atoms with Crippen molar-refractivity contribution in [1.82, 2.24) is 10.1 Å². The van der Waals surface area contributed by atoms with Crippen LogP contribution in [0, 0.1) is 0 Å². The molecular formula is C20H22ClN3O3S. The lowest BCUT2D eigenvalue weighted by molar-refractivity contribution is 0.372. The van der Waals surface area contributed by atoms with Crippen LogP contribution >= 0.6 is 12.4 Å². The predicted molar refractivity (Wildman–Crippen MR) is 109 cm³/mol. The third-order valence-electron chi connectivity index (χ3n) is 5.00. The second-order valence-electron chi connectivity index (χ2n) is 7.06. The highest BCUT2D eigenvalue weighted by Gasteiger charge is 2.36. The number of halogens is 1. The zero-order valence-corrected chi connectivity index (χ0v) is 16.9. The SMILES string of the molecule is Cl.NC1(c2noc(-c3cccc(CS(=O)(=O)c4ccccc4)c3)n2)CCCC1. The fourth-order valence-corrected chi connectivity index (χ4v) is 4.85. The summed E-state index contributed by atoms with van der Waals surface area (Å²) in [5.74, 6) is 0.796. The van der Waals surface area contributed by atoms with Crippen molar-refractivity contribution >= 4 is 22.2 Å². The van der Waals surface area contributed by atoms with Gasteiger partial charge in [-0.2, -0.15) is 4.98 Å². The van der Waals surface area contributed by atoms with Crippen molar-refractivity contribution in [1.29, 1.82) is 0 Å². The van der Waals surface area contributed by atoms with E-state index < -0.39 is 15.4 Å². The fourth-order valence-electron chi connectivity index (χ4n) is 3.50. The Kier molecular flexibility index (Phi) is 5.88. The van der Waals surface area contributed by atoms with Gasteiger partial charge in [0.05, 0.1) is 16.2 Å². The van der Waals surface area contributed by atoms with E-state index in [1.807, 2.05) is 6.07 Å². The molecule has 1 heterocycles. The smallest absolute Gasteiger partial charge is 0.258 e. The molecule has 148 valence electrons. The summed E-state index contributed by atoms with van der Waals surface area (Å²) in [7, 11) is -3.42. The topological polar surface area (TPSA) is 99.1 Å². The van der Waals surface area contributed by atoms with E-state index in [1.165, 1.54) is 0 Å². The van der Waals surface area contributed by atoms with Crippen molar-refractivity contribution < 1.29 is 12.9 Å². The molecule has 1 aromatic heterocycles. The first-order chi connectivity index (χ1) is 13.0. The summed E-state index contributed by atoms with van der Waals surface area (Å²) < 4.78 is 30.6. The van der Waals surface area contributed by atoms with E-state index in [0.29, 0.717) is 27.7 Å². The van der Waals surface area contributed by atoms with E-state index in [4.69, 9.17) is 10.3 Å². The van der Waals surface area contributed by atoms with Gasteiger partial charge in [0.25, 0.3) is 5.89 Å². The molecule has 0 spiro atoms. The lowest BCUT2D eigenvalue weighted by Gasteiger charge is -2.17. The van der Waals surface area contributed by atoms with Crippen molar-refractivity contribution in [2.24, 2.45) is 5.73 Å². The van der Waals surface area contributed by atoms with Gasteiger partial charge < -0.3 is 10.3 Å². The summed E-state index contributed by atoms with van der Waals surface area (Å²) in [6.45, 7) is 0. The van der Waals surface area contributed by atoms with Gasteiger partial charge in [-0.25, -0.2) is 8.42 Å². The van der Waals surface area contributed by atoms with Crippen molar-refractivity contribution in [3.05, 3.63) is 66.0 Å². The Morgan fingerprint density at radius 3 is 2.46 bits per heavy atom. The highest BCUT2D eigenvalue weighted by Crippen LogP contribution is 2.35. The lowest BCUT2D eigenvalue weighted by Crippen LogP contribution is -2.34. The van der Waals surface area contributed by atoms with E-state index in [1.54, 1.807) is 48.5 Å². The summed E-state index contributed by atoms with van der Waals surface area (Å²) in [6, 6.07) is 15.6. The van der Waals surface area contributed by atoms with E-state index in [9.17, 15) is 8.42 Å². The molecule has 1 fully saturated rings. The maximum Gasteiger partial charge on any atom is 0.258 e. The van der Waals surface area contributed by atoms with Crippen LogP contribution < -0.4 is 5.73 Å². The monoisotopic (exact) mass is 419 g/mol. The molecule has 2 N–H and O–H groups in total. The zero-order valence-electron chi connectivity index (χ0n) is 15.2. The number of hydrogen-bond acceptors (Lipinski definition) is 6. The molecule has 0 aliphatic heterocycles. The first-order valence-corrected chi connectivity index (χ1v) is 10.6. The second-order valence-corrected chi connectivity index (χ2v) is 9.05. The first kappa shape index (κ1) is 20.5. The standard InChI is InChI=1S/C20H21N3O3S.ClH/c21-20(11-4-5-12-20)19-22-18(26-23-19)16-8-6-7-15(13-16)14-27(24,25)17-9-2-1-3-10-17;/h1-3,6-10,13H,4-5,11-12,14,21H2;1H. The van der Waals surface area contributed by atoms with E-state index in [-0.39, 0.29) is 18.2 Å². The van der Waals surface area contributed by atoms with Crippen LogP contribution in [0.4, 0.5) is 0 Å². The molecule has 0 bridgehead atoms. The molecule has 1 aliphatic carbocycles. The van der Waals surface area contributed by atoms with Gasteiger partial charge in [0.15, 0.2) is 15.7 Å².